The number of anilines is 1. The zero-order chi connectivity index (χ0) is 14.3. The van der Waals surface area contributed by atoms with Crippen LogP contribution in [0.15, 0.2) is 27.6 Å². The van der Waals surface area contributed by atoms with Gasteiger partial charge in [0.05, 0.1) is 4.90 Å². The first-order chi connectivity index (χ1) is 9.44. The van der Waals surface area contributed by atoms with E-state index in [1.54, 1.807) is 6.92 Å². The van der Waals surface area contributed by atoms with E-state index < -0.39 is 15.8 Å². The van der Waals surface area contributed by atoms with E-state index in [2.05, 4.69) is 14.9 Å². The molecule has 20 heavy (non-hydrogen) atoms. The van der Waals surface area contributed by atoms with E-state index in [9.17, 15) is 12.8 Å². The number of nitrogens with one attached hydrogen (secondary N) is 1. The quantitative estimate of drug-likeness (QED) is 0.935. The van der Waals surface area contributed by atoms with Crippen LogP contribution in [0.1, 0.15) is 30.2 Å². The first-order valence-corrected chi connectivity index (χ1v) is 7.56. The third-order valence-electron chi connectivity index (χ3n) is 2.92. The number of benzene rings is 1. The molecule has 1 N–H and O–H groups in total. The molecule has 6 nitrogen and oxygen atoms in total. The van der Waals surface area contributed by atoms with E-state index in [4.69, 9.17) is 4.52 Å². The minimum Gasteiger partial charge on any atom is -0.337 e. The summed E-state index contributed by atoms with van der Waals surface area (Å²) in [7, 11) is -3.93. The van der Waals surface area contributed by atoms with Crippen molar-refractivity contribution in [3.63, 3.8) is 0 Å². The highest BCUT2D eigenvalue weighted by Gasteiger charge is 2.30. The Morgan fingerprint density at radius 3 is 2.75 bits per heavy atom. The van der Waals surface area contributed by atoms with Gasteiger partial charge in [0.25, 0.3) is 16.0 Å². The molecule has 1 aliphatic rings. The van der Waals surface area contributed by atoms with Crippen LogP contribution < -0.4 is 4.72 Å². The first kappa shape index (κ1) is 13.0. The Balaban J connectivity index is 1.86. The number of aromatic nitrogens is 2. The third-order valence-corrected chi connectivity index (χ3v) is 4.23. The molecule has 0 unspecified atom stereocenters. The monoisotopic (exact) mass is 297 g/mol. The van der Waals surface area contributed by atoms with Gasteiger partial charge in [-0.1, -0.05) is 0 Å². The summed E-state index contributed by atoms with van der Waals surface area (Å²) in [5.41, 5.74) is 0.511. The maximum absolute atomic E-state index is 13.3. The minimum absolute atomic E-state index is 0.131. The molecule has 0 spiro atoms. The molecule has 0 saturated heterocycles. The Morgan fingerprint density at radius 1 is 1.35 bits per heavy atom. The van der Waals surface area contributed by atoms with Crippen LogP contribution in [0, 0.1) is 12.7 Å². The lowest BCUT2D eigenvalue weighted by molar-refractivity contribution is 0.380. The molecule has 1 aromatic heterocycles. The SMILES string of the molecule is Cc1cc(F)cc(S(=O)(=O)Nc2noc(C3CC3)n2)c1. The van der Waals surface area contributed by atoms with Crippen molar-refractivity contribution < 1.29 is 17.3 Å². The van der Waals surface area contributed by atoms with Crippen LogP contribution in [0.25, 0.3) is 0 Å². The van der Waals surface area contributed by atoms with Gasteiger partial charge in [-0.2, -0.15) is 4.98 Å². The summed E-state index contributed by atoms with van der Waals surface area (Å²) in [6, 6.07) is 3.56. The van der Waals surface area contributed by atoms with Gasteiger partial charge in [-0.3, -0.25) is 0 Å². The predicted octanol–water partition coefficient (Wildman–Crippen LogP) is 2.20. The molecule has 106 valence electrons. The fourth-order valence-corrected chi connectivity index (χ4v) is 2.86. The molecule has 1 saturated carbocycles. The summed E-state index contributed by atoms with van der Waals surface area (Å²) in [5, 5.41) is 3.56. The van der Waals surface area contributed by atoms with Gasteiger partial charge in [-0.25, -0.2) is 17.5 Å². The predicted molar refractivity (Wildman–Crippen MR) is 68.2 cm³/mol. The molecular formula is C12H12FN3O3S. The normalized spacial score (nSPS) is 15.3. The van der Waals surface area contributed by atoms with Gasteiger partial charge in [-0.15, -0.1) is 0 Å². The second-order valence-corrected chi connectivity index (χ2v) is 6.48. The lowest BCUT2D eigenvalue weighted by Crippen LogP contribution is -2.14. The average molecular weight is 297 g/mol. The van der Waals surface area contributed by atoms with Crippen molar-refractivity contribution in [1.29, 1.82) is 0 Å². The lowest BCUT2D eigenvalue weighted by atomic mass is 10.2. The maximum atomic E-state index is 13.3. The van der Waals surface area contributed by atoms with Crippen molar-refractivity contribution in [2.75, 3.05) is 4.72 Å². The highest BCUT2D eigenvalue weighted by Crippen LogP contribution is 2.39. The zero-order valence-electron chi connectivity index (χ0n) is 10.6. The van der Waals surface area contributed by atoms with Gasteiger partial charge in [-0.05, 0) is 48.7 Å². The van der Waals surface area contributed by atoms with Crippen LogP contribution in [-0.4, -0.2) is 18.6 Å². The van der Waals surface area contributed by atoms with Crippen LogP contribution in [0.2, 0.25) is 0 Å². The number of hydrogen-bond donors (Lipinski definition) is 1. The van der Waals surface area contributed by atoms with Crippen molar-refractivity contribution in [2.24, 2.45) is 0 Å². The van der Waals surface area contributed by atoms with Gasteiger partial charge in [0.1, 0.15) is 5.82 Å². The highest BCUT2D eigenvalue weighted by atomic mass is 32.2. The summed E-state index contributed by atoms with van der Waals surface area (Å²) in [5.74, 6) is -0.0822. The molecule has 1 aromatic carbocycles. The molecule has 0 bridgehead atoms. The van der Waals surface area contributed by atoms with Crippen LogP contribution >= 0.6 is 0 Å². The Kier molecular flexibility index (Phi) is 2.97. The van der Waals surface area contributed by atoms with Gasteiger partial charge < -0.3 is 4.52 Å². The Hall–Kier alpha value is -1.96. The van der Waals surface area contributed by atoms with Crippen molar-refractivity contribution in [3.05, 3.63) is 35.5 Å². The van der Waals surface area contributed by atoms with E-state index in [0.717, 1.165) is 18.9 Å². The van der Waals surface area contributed by atoms with Crippen molar-refractivity contribution in [2.45, 2.75) is 30.6 Å². The average Bonchev–Trinajstić information content (AvgIpc) is 3.09. The summed E-state index contributed by atoms with van der Waals surface area (Å²) >= 11 is 0. The topological polar surface area (TPSA) is 85.1 Å². The van der Waals surface area contributed by atoms with Crippen LogP contribution in [0.4, 0.5) is 10.3 Å². The maximum Gasteiger partial charge on any atom is 0.277 e. The summed E-state index contributed by atoms with van der Waals surface area (Å²) < 4.78 is 44.6. The number of hydrogen-bond acceptors (Lipinski definition) is 5. The van der Waals surface area contributed by atoms with Crippen LogP contribution in [-0.2, 0) is 10.0 Å². The lowest BCUT2D eigenvalue weighted by Gasteiger charge is -2.05. The van der Waals surface area contributed by atoms with E-state index in [1.165, 1.54) is 12.1 Å². The van der Waals surface area contributed by atoms with E-state index >= 15 is 0 Å². The largest absolute Gasteiger partial charge is 0.337 e. The molecule has 0 atom stereocenters. The number of rotatable bonds is 4. The van der Waals surface area contributed by atoms with Gasteiger partial charge >= 0.3 is 0 Å². The Morgan fingerprint density at radius 2 is 2.10 bits per heavy atom. The van der Waals surface area contributed by atoms with E-state index in [1.807, 2.05) is 0 Å². The molecule has 1 heterocycles. The Bertz CT molecular complexity index is 733. The fraction of sp³-hybridized carbons (Fsp3) is 0.333. The number of sulfonamides is 1. The van der Waals surface area contributed by atoms with Crippen molar-refractivity contribution >= 4 is 16.0 Å². The van der Waals surface area contributed by atoms with Crippen LogP contribution in [0.3, 0.4) is 0 Å². The molecule has 0 amide bonds. The first-order valence-electron chi connectivity index (χ1n) is 6.08. The smallest absolute Gasteiger partial charge is 0.277 e. The van der Waals surface area contributed by atoms with Crippen molar-refractivity contribution in [3.8, 4) is 0 Å². The molecule has 2 aromatic rings. The molecular weight excluding hydrogens is 285 g/mol. The van der Waals surface area contributed by atoms with E-state index in [-0.39, 0.29) is 16.8 Å². The summed E-state index contributed by atoms with van der Waals surface area (Å²) in [6.45, 7) is 1.61. The summed E-state index contributed by atoms with van der Waals surface area (Å²) in [4.78, 5) is 3.79. The van der Waals surface area contributed by atoms with Gasteiger partial charge in [0.15, 0.2) is 0 Å². The second kappa shape index (κ2) is 4.55. The Labute approximate surface area is 115 Å². The zero-order valence-corrected chi connectivity index (χ0v) is 11.4. The third kappa shape index (κ3) is 2.64. The fourth-order valence-electron chi connectivity index (χ4n) is 1.81. The van der Waals surface area contributed by atoms with E-state index in [0.29, 0.717) is 11.5 Å². The number of aryl methyl sites for hydroxylation is 1. The van der Waals surface area contributed by atoms with Gasteiger partial charge in [0.2, 0.25) is 5.89 Å². The molecule has 1 fully saturated rings. The molecule has 3 rings (SSSR count). The molecule has 0 aliphatic heterocycles. The van der Waals surface area contributed by atoms with Crippen molar-refractivity contribution in [1.82, 2.24) is 10.1 Å². The number of nitrogens with zero attached hydrogens (tertiary/aromatic N) is 2. The van der Waals surface area contributed by atoms with Crippen LogP contribution in [0.5, 0.6) is 0 Å². The molecule has 8 heteroatoms. The minimum atomic E-state index is -3.93. The highest BCUT2D eigenvalue weighted by molar-refractivity contribution is 7.92. The standard InChI is InChI=1S/C12H12FN3O3S/c1-7-4-9(13)6-10(5-7)20(17,18)16-12-14-11(19-15-12)8-2-3-8/h4-6,8H,2-3H2,1H3,(H,15,16). The molecule has 1 aliphatic carbocycles. The summed E-state index contributed by atoms with van der Waals surface area (Å²) in [6.07, 6.45) is 1.94. The number of halogens is 1. The second-order valence-electron chi connectivity index (χ2n) is 4.80. The molecule has 0 radical (unpaired) electrons. The van der Waals surface area contributed by atoms with Gasteiger partial charge in [0, 0.05) is 5.92 Å².